The molecule has 0 radical (unpaired) electrons. The second-order valence-corrected chi connectivity index (χ2v) is 15.3. The number of fused-ring (bicyclic) bond motifs is 4. The third-order valence-corrected chi connectivity index (χ3v) is 11.8. The number of nitrogens with zero attached hydrogens (tertiary/aromatic N) is 2. The van der Waals surface area contributed by atoms with Crippen LogP contribution < -0.4 is 9.80 Å². The minimum Gasteiger partial charge on any atom is -0.310 e. The van der Waals surface area contributed by atoms with E-state index in [1.54, 1.807) is 0 Å². The van der Waals surface area contributed by atoms with E-state index in [0.717, 1.165) is 34.1 Å². The van der Waals surface area contributed by atoms with Crippen LogP contribution >= 0.6 is 0 Å². The third kappa shape index (κ3) is 6.23. The molecule has 0 amide bonds. The normalized spacial score (nSPS) is 11.6. The lowest BCUT2D eigenvalue weighted by atomic mass is 9.86. The summed E-state index contributed by atoms with van der Waals surface area (Å²) in [5.41, 5.74) is 18.7. The zero-order valence-electron chi connectivity index (χ0n) is 33.0. The predicted octanol–water partition coefficient (Wildman–Crippen LogP) is 16.4. The van der Waals surface area contributed by atoms with Crippen molar-refractivity contribution in [2.75, 3.05) is 9.80 Å². The van der Waals surface area contributed by atoms with Crippen molar-refractivity contribution in [1.29, 1.82) is 0 Å². The number of anilines is 6. The molecule has 1 heterocycles. The largest absolute Gasteiger partial charge is 0.310 e. The van der Waals surface area contributed by atoms with Crippen molar-refractivity contribution >= 4 is 44.9 Å². The molecule has 2 nitrogen and oxygen atoms in total. The number of hydrogen-bond acceptors (Lipinski definition) is 2. The summed E-state index contributed by atoms with van der Waals surface area (Å²) in [4.78, 5) is 4.87. The Labute approximate surface area is 351 Å². The highest BCUT2D eigenvalue weighted by Crippen LogP contribution is 2.53. The summed E-state index contributed by atoms with van der Waals surface area (Å²) in [6, 6.07) is 88.0. The van der Waals surface area contributed by atoms with E-state index < -0.39 is 0 Å². The Morgan fingerprint density at radius 1 is 0.283 bits per heavy atom. The van der Waals surface area contributed by atoms with Crippen LogP contribution in [0.5, 0.6) is 0 Å². The SMILES string of the molecule is c1ccc(-c2ccc(N(c3ccc(-c4ccccc4)cc3)c3ccc4c5c(cccc35)-c3ccccc3N(c3cccc(-c5ccccc5)c3)c3ccccc3-4)cc2)cc1. The lowest BCUT2D eigenvalue weighted by molar-refractivity contribution is 1.28. The van der Waals surface area contributed by atoms with Crippen molar-refractivity contribution in [1.82, 2.24) is 0 Å². The Morgan fingerprint density at radius 2 is 0.700 bits per heavy atom. The van der Waals surface area contributed by atoms with Gasteiger partial charge in [-0.1, -0.05) is 188 Å². The van der Waals surface area contributed by atoms with Crippen LogP contribution in [0.2, 0.25) is 0 Å². The van der Waals surface area contributed by atoms with Crippen LogP contribution in [0.15, 0.2) is 243 Å². The highest BCUT2D eigenvalue weighted by Gasteiger charge is 2.27. The van der Waals surface area contributed by atoms with E-state index in [4.69, 9.17) is 0 Å². The minimum absolute atomic E-state index is 1.10. The Bertz CT molecular complexity index is 2980. The van der Waals surface area contributed by atoms with Crippen molar-refractivity contribution < 1.29 is 0 Å². The fourth-order valence-corrected chi connectivity index (χ4v) is 8.99. The molecule has 1 aliphatic heterocycles. The van der Waals surface area contributed by atoms with Crippen LogP contribution in [0, 0.1) is 0 Å². The molecule has 0 aliphatic carbocycles. The molecule has 2 heteroatoms. The quantitative estimate of drug-likeness (QED) is 0.159. The van der Waals surface area contributed by atoms with E-state index in [0.29, 0.717) is 0 Å². The van der Waals surface area contributed by atoms with Crippen molar-refractivity contribution in [3.05, 3.63) is 243 Å². The molecular formula is C58H40N2. The topological polar surface area (TPSA) is 6.48 Å². The average molecular weight is 765 g/mol. The molecule has 0 saturated heterocycles. The lowest BCUT2D eigenvalue weighted by Gasteiger charge is -2.33. The van der Waals surface area contributed by atoms with Gasteiger partial charge >= 0.3 is 0 Å². The maximum atomic E-state index is 2.45. The summed E-state index contributed by atoms with van der Waals surface area (Å²) < 4.78 is 0. The van der Waals surface area contributed by atoms with Crippen LogP contribution in [0.1, 0.15) is 0 Å². The van der Waals surface area contributed by atoms with Gasteiger partial charge in [0.1, 0.15) is 0 Å². The number of hydrogen-bond donors (Lipinski definition) is 0. The zero-order chi connectivity index (χ0) is 39.8. The van der Waals surface area contributed by atoms with E-state index in [-0.39, 0.29) is 0 Å². The smallest absolute Gasteiger partial charge is 0.0540 e. The summed E-state index contributed by atoms with van der Waals surface area (Å²) in [6.07, 6.45) is 0. The molecule has 60 heavy (non-hydrogen) atoms. The monoisotopic (exact) mass is 764 g/mol. The first kappa shape index (κ1) is 35.2. The van der Waals surface area contributed by atoms with Gasteiger partial charge in [-0.05, 0) is 104 Å². The van der Waals surface area contributed by atoms with E-state index in [1.165, 1.54) is 66.4 Å². The number of benzene rings is 10. The summed E-state index contributed by atoms with van der Waals surface area (Å²) in [6.45, 7) is 0. The molecule has 282 valence electrons. The number of rotatable bonds is 7. The van der Waals surface area contributed by atoms with Crippen LogP contribution in [0.4, 0.5) is 34.1 Å². The first-order chi connectivity index (χ1) is 29.8. The summed E-state index contributed by atoms with van der Waals surface area (Å²) in [5.74, 6) is 0. The van der Waals surface area contributed by atoms with Crippen molar-refractivity contribution in [3.8, 4) is 55.6 Å². The standard InChI is InChI=1S/C58H40N2/c1-4-16-41(17-5-1)44-30-34-47(35-31-44)59(48-36-32-45(33-37-48)42-18-6-2-7-19-42)57-39-38-53-51-25-11-13-29-56(51)60(49-23-14-22-46(40-49)43-20-8-3-9-21-43)55-28-12-10-24-50(55)52-26-15-27-54(57)58(52)53/h1-40H. The van der Waals surface area contributed by atoms with Crippen LogP contribution in [0.25, 0.3) is 66.4 Å². The Kier molecular flexibility index (Phi) is 8.87. The fourth-order valence-electron chi connectivity index (χ4n) is 8.99. The first-order valence-electron chi connectivity index (χ1n) is 20.6. The molecule has 10 aromatic rings. The molecule has 1 aliphatic rings. The Morgan fingerprint density at radius 3 is 1.25 bits per heavy atom. The predicted molar refractivity (Wildman–Crippen MR) is 254 cm³/mol. The van der Waals surface area contributed by atoms with E-state index in [2.05, 4.69) is 252 Å². The molecule has 0 aromatic heterocycles. The fraction of sp³-hybridized carbons (Fsp3) is 0. The highest BCUT2D eigenvalue weighted by atomic mass is 15.2. The molecule has 0 unspecified atom stereocenters. The second-order valence-electron chi connectivity index (χ2n) is 15.3. The summed E-state index contributed by atoms with van der Waals surface area (Å²) in [5, 5.41) is 2.42. The number of para-hydroxylation sites is 2. The summed E-state index contributed by atoms with van der Waals surface area (Å²) in [7, 11) is 0. The van der Waals surface area contributed by atoms with Crippen LogP contribution in [-0.2, 0) is 0 Å². The summed E-state index contributed by atoms with van der Waals surface area (Å²) >= 11 is 0. The minimum atomic E-state index is 1.10. The van der Waals surface area contributed by atoms with Gasteiger partial charge in [-0.3, -0.25) is 0 Å². The van der Waals surface area contributed by atoms with Gasteiger partial charge in [0.05, 0.1) is 17.1 Å². The van der Waals surface area contributed by atoms with Gasteiger partial charge in [-0.25, -0.2) is 0 Å². The van der Waals surface area contributed by atoms with E-state index in [1.807, 2.05) is 0 Å². The molecule has 0 fully saturated rings. The maximum absolute atomic E-state index is 2.45. The maximum Gasteiger partial charge on any atom is 0.0540 e. The lowest BCUT2D eigenvalue weighted by Crippen LogP contribution is -2.14. The molecule has 10 aromatic carbocycles. The Balaban J connectivity index is 1.12. The molecular weight excluding hydrogens is 725 g/mol. The van der Waals surface area contributed by atoms with Crippen molar-refractivity contribution in [2.45, 2.75) is 0 Å². The van der Waals surface area contributed by atoms with Gasteiger partial charge in [0.2, 0.25) is 0 Å². The van der Waals surface area contributed by atoms with Gasteiger partial charge in [0.15, 0.2) is 0 Å². The van der Waals surface area contributed by atoms with Gasteiger partial charge in [-0.15, -0.1) is 0 Å². The van der Waals surface area contributed by atoms with Crippen molar-refractivity contribution in [3.63, 3.8) is 0 Å². The van der Waals surface area contributed by atoms with Gasteiger partial charge < -0.3 is 9.80 Å². The highest BCUT2D eigenvalue weighted by molar-refractivity contribution is 6.16. The van der Waals surface area contributed by atoms with Gasteiger partial charge in [0, 0.05) is 33.6 Å². The van der Waals surface area contributed by atoms with Crippen LogP contribution in [-0.4, -0.2) is 0 Å². The molecule has 11 rings (SSSR count). The first-order valence-corrected chi connectivity index (χ1v) is 20.6. The van der Waals surface area contributed by atoms with Gasteiger partial charge in [0.25, 0.3) is 0 Å². The molecule has 0 spiro atoms. The third-order valence-electron chi connectivity index (χ3n) is 11.8. The second kappa shape index (κ2) is 15.1. The Hall–Kier alpha value is -7.94. The zero-order valence-corrected chi connectivity index (χ0v) is 33.0. The average Bonchev–Trinajstić information content (AvgIpc) is 3.33. The molecule has 0 bridgehead atoms. The van der Waals surface area contributed by atoms with Crippen LogP contribution in [0.3, 0.4) is 0 Å². The molecule has 0 saturated carbocycles. The van der Waals surface area contributed by atoms with Crippen molar-refractivity contribution in [2.24, 2.45) is 0 Å². The molecule has 0 N–H and O–H groups in total. The molecule has 0 atom stereocenters. The van der Waals surface area contributed by atoms with Gasteiger partial charge in [-0.2, -0.15) is 0 Å². The van der Waals surface area contributed by atoms with E-state index >= 15 is 0 Å². The van der Waals surface area contributed by atoms with E-state index in [9.17, 15) is 0 Å².